The molecule has 0 aliphatic rings. The quantitative estimate of drug-likeness (QED) is 0.730. The lowest BCUT2D eigenvalue weighted by Gasteiger charge is -2.13. The van der Waals surface area contributed by atoms with Crippen molar-refractivity contribution in [3.8, 4) is 0 Å². The molecular weight excluding hydrogens is 216 g/mol. The number of carboxylic acids is 1. The minimum absolute atomic E-state index is 0.0262. The van der Waals surface area contributed by atoms with Crippen molar-refractivity contribution in [3.05, 3.63) is 0 Å². The predicted octanol–water partition coefficient (Wildman–Crippen LogP) is 1.70. The van der Waals surface area contributed by atoms with Crippen LogP contribution in [-0.2, 0) is 14.6 Å². The Morgan fingerprint density at radius 1 is 1.27 bits per heavy atom. The first-order valence-corrected chi connectivity index (χ1v) is 6.97. The summed E-state index contributed by atoms with van der Waals surface area (Å²) in [4.78, 5) is 10.8. The summed E-state index contributed by atoms with van der Waals surface area (Å²) in [5.41, 5.74) is 0. The first-order valence-electron chi connectivity index (χ1n) is 5.25. The average Bonchev–Trinajstić information content (AvgIpc) is 2.10. The van der Waals surface area contributed by atoms with Gasteiger partial charge in [0.05, 0.1) is 5.75 Å². The molecule has 4 nitrogen and oxygen atoms in total. The van der Waals surface area contributed by atoms with Crippen LogP contribution in [0.15, 0.2) is 0 Å². The van der Waals surface area contributed by atoms with Gasteiger partial charge in [0.2, 0.25) is 0 Å². The monoisotopic (exact) mass is 236 g/mol. The Morgan fingerprint density at radius 2 is 1.80 bits per heavy atom. The first-order chi connectivity index (χ1) is 6.81. The molecule has 5 heteroatoms. The van der Waals surface area contributed by atoms with Gasteiger partial charge in [-0.3, -0.25) is 4.79 Å². The molecule has 15 heavy (non-hydrogen) atoms. The Labute approximate surface area is 91.6 Å². The van der Waals surface area contributed by atoms with Gasteiger partial charge in [-0.15, -0.1) is 0 Å². The Balaban J connectivity index is 4.58. The number of rotatable bonds is 7. The topological polar surface area (TPSA) is 71.4 Å². The maximum absolute atomic E-state index is 11.7. The second-order valence-electron chi connectivity index (χ2n) is 4.17. The molecule has 0 fully saturated rings. The standard InChI is InChI=1S/C10H20O4S/c1-4-5-9(10(11)12)15(13,14)7-6-8(2)3/h8-9H,4-7H2,1-3H3,(H,11,12). The smallest absolute Gasteiger partial charge is 0.321 e. The lowest BCUT2D eigenvalue weighted by atomic mass is 10.2. The highest BCUT2D eigenvalue weighted by atomic mass is 32.2. The summed E-state index contributed by atoms with van der Waals surface area (Å²) in [6, 6.07) is 0. The molecule has 0 saturated heterocycles. The van der Waals surface area contributed by atoms with Crippen molar-refractivity contribution in [2.45, 2.75) is 45.3 Å². The van der Waals surface area contributed by atoms with Gasteiger partial charge in [0.15, 0.2) is 15.1 Å². The molecule has 0 spiro atoms. The maximum atomic E-state index is 11.7. The fourth-order valence-corrected chi connectivity index (χ4v) is 3.25. The fourth-order valence-electron chi connectivity index (χ4n) is 1.26. The van der Waals surface area contributed by atoms with Gasteiger partial charge in [0.1, 0.15) is 0 Å². The summed E-state index contributed by atoms with van der Waals surface area (Å²) in [7, 11) is -3.48. The van der Waals surface area contributed by atoms with Crippen molar-refractivity contribution in [2.75, 3.05) is 5.75 Å². The number of hydrogen-bond acceptors (Lipinski definition) is 3. The Hall–Kier alpha value is -0.580. The number of sulfone groups is 1. The maximum Gasteiger partial charge on any atom is 0.321 e. The molecule has 0 rings (SSSR count). The van der Waals surface area contributed by atoms with Gasteiger partial charge < -0.3 is 5.11 Å². The van der Waals surface area contributed by atoms with E-state index in [1.807, 2.05) is 13.8 Å². The molecule has 90 valence electrons. The van der Waals surface area contributed by atoms with Crippen LogP contribution in [0, 0.1) is 5.92 Å². The summed E-state index contributed by atoms with van der Waals surface area (Å²) < 4.78 is 23.4. The van der Waals surface area contributed by atoms with E-state index in [0.29, 0.717) is 12.8 Å². The Morgan fingerprint density at radius 3 is 2.13 bits per heavy atom. The van der Waals surface area contributed by atoms with Crippen LogP contribution >= 0.6 is 0 Å². The average molecular weight is 236 g/mol. The van der Waals surface area contributed by atoms with Crippen LogP contribution in [0.25, 0.3) is 0 Å². The van der Waals surface area contributed by atoms with Gasteiger partial charge in [-0.1, -0.05) is 27.2 Å². The van der Waals surface area contributed by atoms with Crippen molar-refractivity contribution in [1.82, 2.24) is 0 Å². The zero-order valence-corrected chi connectivity index (χ0v) is 10.4. The minimum atomic E-state index is -3.48. The van der Waals surface area contributed by atoms with E-state index >= 15 is 0 Å². The molecule has 0 heterocycles. The molecule has 1 N–H and O–H groups in total. The fraction of sp³-hybridized carbons (Fsp3) is 0.900. The van der Waals surface area contributed by atoms with Crippen LogP contribution in [0.5, 0.6) is 0 Å². The second-order valence-corrected chi connectivity index (χ2v) is 6.47. The van der Waals surface area contributed by atoms with Crippen LogP contribution in [-0.4, -0.2) is 30.5 Å². The van der Waals surface area contributed by atoms with Gasteiger partial charge in [-0.2, -0.15) is 0 Å². The van der Waals surface area contributed by atoms with Crippen LogP contribution in [0.4, 0.5) is 0 Å². The first kappa shape index (κ1) is 14.4. The van der Waals surface area contributed by atoms with E-state index < -0.39 is 21.1 Å². The minimum Gasteiger partial charge on any atom is -0.480 e. The van der Waals surface area contributed by atoms with Crippen molar-refractivity contribution < 1.29 is 18.3 Å². The van der Waals surface area contributed by atoms with Crippen LogP contribution in [0.1, 0.15) is 40.0 Å². The molecule has 0 aliphatic heterocycles. The molecular formula is C10H20O4S. The van der Waals surface area contributed by atoms with E-state index in [9.17, 15) is 13.2 Å². The van der Waals surface area contributed by atoms with Gasteiger partial charge in [0, 0.05) is 0 Å². The highest BCUT2D eigenvalue weighted by molar-refractivity contribution is 7.92. The third-order valence-electron chi connectivity index (χ3n) is 2.24. The molecule has 0 bridgehead atoms. The number of carbonyl (C=O) groups is 1. The lowest BCUT2D eigenvalue weighted by molar-refractivity contribution is -0.136. The zero-order valence-electron chi connectivity index (χ0n) is 9.56. The van der Waals surface area contributed by atoms with Crippen LogP contribution in [0.3, 0.4) is 0 Å². The summed E-state index contributed by atoms with van der Waals surface area (Å²) >= 11 is 0. The molecule has 1 atom stereocenters. The normalized spacial score (nSPS) is 14.1. The van der Waals surface area contributed by atoms with Crippen LogP contribution < -0.4 is 0 Å². The van der Waals surface area contributed by atoms with E-state index in [-0.39, 0.29) is 18.1 Å². The SMILES string of the molecule is CCCC(C(=O)O)S(=O)(=O)CCC(C)C. The highest BCUT2D eigenvalue weighted by Gasteiger charge is 2.31. The molecule has 1 unspecified atom stereocenters. The number of hydrogen-bond donors (Lipinski definition) is 1. The third kappa shape index (κ3) is 5.16. The predicted molar refractivity (Wildman–Crippen MR) is 59.6 cm³/mol. The zero-order chi connectivity index (χ0) is 12.1. The second kappa shape index (κ2) is 6.10. The Bertz CT molecular complexity index is 293. The van der Waals surface area contributed by atoms with Crippen molar-refractivity contribution in [3.63, 3.8) is 0 Å². The molecule has 0 aliphatic carbocycles. The van der Waals surface area contributed by atoms with Crippen molar-refractivity contribution in [2.24, 2.45) is 5.92 Å². The van der Waals surface area contributed by atoms with Crippen molar-refractivity contribution in [1.29, 1.82) is 0 Å². The molecule has 0 aromatic rings. The Kier molecular flexibility index (Phi) is 5.87. The van der Waals surface area contributed by atoms with Gasteiger partial charge in [-0.25, -0.2) is 8.42 Å². The summed E-state index contributed by atoms with van der Waals surface area (Å²) in [5.74, 6) is -0.974. The number of aliphatic carboxylic acids is 1. The van der Waals surface area contributed by atoms with Gasteiger partial charge >= 0.3 is 5.97 Å². The summed E-state index contributed by atoms with van der Waals surface area (Å²) in [5, 5.41) is 7.60. The molecule has 0 aromatic carbocycles. The molecule has 0 aromatic heterocycles. The van der Waals surface area contributed by atoms with E-state index in [0.717, 1.165) is 0 Å². The van der Waals surface area contributed by atoms with E-state index in [1.54, 1.807) is 6.92 Å². The van der Waals surface area contributed by atoms with E-state index in [2.05, 4.69) is 0 Å². The summed E-state index contributed by atoms with van der Waals surface area (Å²) in [6.45, 7) is 5.63. The lowest BCUT2D eigenvalue weighted by Crippen LogP contribution is -2.32. The molecule has 0 radical (unpaired) electrons. The largest absolute Gasteiger partial charge is 0.480 e. The van der Waals surface area contributed by atoms with Gasteiger partial charge in [-0.05, 0) is 18.8 Å². The molecule has 0 amide bonds. The highest BCUT2D eigenvalue weighted by Crippen LogP contribution is 2.13. The summed E-state index contributed by atoms with van der Waals surface area (Å²) in [6.07, 6.45) is 1.30. The van der Waals surface area contributed by atoms with E-state index in [4.69, 9.17) is 5.11 Å². The van der Waals surface area contributed by atoms with Gasteiger partial charge in [0.25, 0.3) is 0 Å². The van der Waals surface area contributed by atoms with Crippen LogP contribution in [0.2, 0.25) is 0 Å². The number of carboxylic acid groups (broad SMARTS) is 1. The van der Waals surface area contributed by atoms with Crippen molar-refractivity contribution >= 4 is 15.8 Å². The third-order valence-corrected chi connectivity index (χ3v) is 4.35. The molecule has 0 saturated carbocycles. The van der Waals surface area contributed by atoms with E-state index in [1.165, 1.54) is 0 Å².